The van der Waals surface area contributed by atoms with Gasteiger partial charge >= 0.3 is 0 Å². The highest BCUT2D eigenvalue weighted by Gasteiger charge is 2.20. The minimum absolute atomic E-state index is 0.642. The molecule has 0 saturated carbocycles. The second-order valence-electron chi connectivity index (χ2n) is 6.63. The SMILES string of the molecule is CCNC(Cc1c(C)cc(C)cc1C)CC1CCSCC1. The van der Waals surface area contributed by atoms with Gasteiger partial charge in [-0.05, 0) is 87.1 Å². The minimum atomic E-state index is 0.642. The van der Waals surface area contributed by atoms with Crippen LogP contribution in [0.1, 0.15) is 48.4 Å². The van der Waals surface area contributed by atoms with Gasteiger partial charge in [-0.15, -0.1) is 0 Å². The third-order valence-electron chi connectivity index (χ3n) is 4.74. The topological polar surface area (TPSA) is 12.0 Å². The van der Waals surface area contributed by atoms with Crippen LogP contribution in [-0.2, 0) is 6.42 Å². The summed E-state index contributed by atoms with van der Waals surface area (Å²) in [6.45, 7) is 10.1. The van der Waals surface area contributed by atoms with Crippen molar-refractivity contribution in [3.8, 4) is 0 Å². The lowest BCUT2D eigenvalue weighted by atomic mass is 9.88. The molecule has 118 valence electrons. The molecule has 2 rings (SSSR count). The quantitative estimate of drug-likeness (QED) is 0.820. The molecule has 0 aromatic heterocycles. The Labute approximate surface area is 135 Å². The van der Waals surface area contributed by atoms with Crippen LogP contribution in [0.5, 0.6) is 0 Å². The molecular formula is C19H31NS. The zero-order chi connectivity index (χ0) is 15.2. The number of aryl methyl sites for hydroxylation is 3. The Hall–Kier alpha value is -0.470. The first kappa shape index (κ1) is 16.9. The lowest BCUT2D eigenvalue weighted by Crippen LogP contribution is -2.34. The van der Waals surface area contributed by atoms with Crippen molar-refractivity contribution in [2.75, 3.05) is 18.1 Å². The van der Waals surface area contributed by atoms with Gasteiger partial charge in [0, 0.05) is 6.04 Å². The molecule has 0 aliphatic carbocycles. The number of nitrogens with one attached hydrogen (secondary N) is 1. The molecule has 1 atom stereocenters. The molecule has 1 aliphatic heterocycles. The van der Waals surface area contributed by atoms with Crippen molar-refractivity contribution in [2.24, 2.45) is 5.92 Å². The van der Waals surface area contributed by atoms with Crippen LogP contribution in [0.15, 0.2) is 12.1 Å². The smallest absolute Gasteiger partial charge is 0.0110 e. The number of thioether (sulfide) groups is 1. The van der Waals surface area contributed by atoms with Gasteiger partial charge in [0.1, 0.15) is 0 Å². The molecule has 1 aliphatic rings. The maximum atomic E-state index is 3.74. The lowest BCUT2D eigenvalue weighted by Gasteiger charge is -2.28. The average molecular weight is 306 g/mol. The number of benzene rings is 1. The molecule has 1 aromatic carbocycles. The molecule has 1 heterocycles. The van der Waals surface area contributed by atoms with Gasteiger partial charge in [0.25, 0.3) is 0 Å². The molecule has 1 N–H and O–H groups in total. The van der Waals surface area contributed by atoms with Crippen LogP contribution < -0.4 is 5.32 Å². The van der Waals surface area contributed by atoms with E-state index in [1.54, 1.807) is 5.56 Å². The maximum absolute atomic E-state index is 3.74. The number of hydrogen-bond donors (Lipinski definition) is 1. The summed E-state index contributed by atoms with van der Waals surface area (Å²) < 4.78 is 0. The average Bonchev–Trinajstić information content (AvgIpc) is 2.44. The number of rotatable bonds is 6. The van der Waals surface area contributed by atoms with Crippen LogP contribution in [0.3, 0.4) is 0 Å². The van der Waals surface area contributed by atoms with E-state index in [0.29, 0.717) is 6.04 Å². The first-order valence-corrected chi connectivity index (χ1v) is 9.63. The van der Waals surface area contributed by atoms with Crippen molar-refractivity contribution in [1.82, 2.24) is 5.32 Å². The normalized spacial score (nSPS) is 17.9. The van der Waals surface area contributed by atoms with Crippen molar-refractivity contribution in [3.05, 3.63) is 34.4 Å². The molecule has 1 fully saturated rings. The molecule has 0 bridgehead atoms. The fourth-order valence-electron chi connectivity index (χ4n) is 3.69. The van der Waals surface area contributed by atoms with E-state index < -0.39 is 0 Å². The first-order valence-electron chi connectivity index (χ1n) is 8.48. The predicted molar refractivity (Wildman–Crippen MR) is 96.5 cm³/mol. The Morgan fingerprint density at radius 1 is 1.14 bits per heavy atom. The molecule has 1 aromatic rings. The van der Waals surface area contributed by atoms with E-state index in [4.69, 9.17) is 0 Å². The van der Waals surface area contributed by atoms with Gasteiger partial charge in [0.05, 0.1) is 0 Å². The third kappa shape index (κ3) is 5.03. The summed E-state index contributed by atoms with van der Waals surface area (Å²) in [5, 5.41) is 3.74. The van der Waals surface area contributed by atoms with E-state index in [1.807, 2.05) is 0 Å². The van der Waals surface area contributed by atoms with Crippen molar-refractivity contribution in [3.63, 3.8) is 0 Å². The molecule has 1 unspecified atom stereocenters. The fourth-order valence-corrected chi connectivity index (χ4v) is 4.89. The Balaban J connectivity index is 2.05. The molecule has 2 heteroatoms. The van der Waals surface area contributed by atoms with Crippen molar-refractivity contribution < 1.29 is 0 Å². The van der Waals surface area contributed by atoms with E-state index >= 15 is 0 Å². The van der Waals surface area contributed by atoms with Crippen LogP contribution in [0, 0.1) is 26.7 Å². The van der Waals surface area contributed by atoms with E-state index in [1.165, 1.54) is 53.9 Å². The highest BCUT2D eigenvalue weighted by atomic mass is 32.2. The minimum Gasteiger partial charge on any atom is -0.314 e. The van der Waals surface area contributed by atoms with E-state index in [0.717, 1.165) is 12.5 Å². The van der Waals surface area contributed by atoms with E-state index in [-0.39, 0.29) is 0 Å². The Kier molecular flexibility index (Phi) is 6.63. The highest BCUT2D eigenvalue weighted by molar-refractivity contribution is 7.99. The molecule has 21 heavy (non-hydrogen) atoms. The highest BCUT2D eigenvalue weighted by Crippen LogP contribution is 2.28. The van der Waals surface area contributed by atoms with Crippen molar-refractivity contribution in [2.45, 2.75) is 59.4 Å². The predicted octanol–water partition coefficient (Wildman–Crippen LogP) is 4.67. The third-order valence-corrected chi connectivity index (χ3v) is 5.79. The molecule has 1 nitrogen and oxygen atoms in total. The summed E-state index contributed by atoms with van der Waals surface area (Å²) in [7, 11) is 0. The van der Waals surface area contributed by atoms with Crippen LogP contribution in [0.2, 0.25) is 0 Å². The zero-order valence-electron chi connectivity index (χ0n) is 14.2. The first-order chi connectivity index (χ1) is 10.1. The van der Waals surface area contributed by atoms with E-state index in [2.05, 4.69) is 56.9 Å². The molecule has 0 spiro atoms. The Morgan fingerprint density at radius 3 is 2.33 bits per heavy atom. The number of hydrogen-bond acceptors (Lipinski definition) is 2. The summed E-state index contributed by atoms with van der Waals surface area (Å²) in [5.41, 5.74) is 5.89. The van der Waals surface area contributed by atoms with Crippen molar-refractivity contribution >= 4 is 11.8 Å². The summed E-state index contributed by atoms with van der Waals surface area (Å²) in [6, 6.07) is 5.31. The second-order valence-corrected chi connectivity index (χ2v) is 7.85. The number of likely N-dealkylation sites (N-methyl/N-ethyl adjacent to an activating group) is 1. The second kappa shape index (κ2) is 8.24. The summed E-state index contributed by atoms with van der Waals surface area (Å²) in [5.74, 6) is 3.67. The Morgan fingerprint density at radius 2 is 1.76 bits per heavy atom. The van der Waals surface area contributed by atoms with Gasteiger partial charge in [-0.2, -0.15) is 11.8 Å². The van der Waals surface area contributed by atoms with Crippen LogP contribution >= 0.6 is 11.8 Å². The molecular weight excluding hydrogens is 274 g/mol. The molecule has 0 radical (unpaired) electrons. The summed E-state index contributed by atoms with van der Waals surface area (Å²) >= 11 is 2.13. The monoisotopic (exact) mass is 305 g/mol. The van der Waals surface area contributed by atoms with Crippen LogP contribution in [-0.4, -0.2) is 24.1 Å². The largest absolute Gasteiger partial charge is 0.314 e. The van der Waals surface area contributed by atoms with Gasteiger partial charge < -0.3 is 5.32 Å². The maximum Gasteiger partial charge on any atom is 0.0110 e. The lowest BCUT2D eigenvalue weighted by molar-refractivity contribution is 0.366. The van der Waals surface area contributed by atoms with Gasteiger partial charge in [-0.25, -0.2) is 0 Å². The van der Waals surface area contributed by atoms with E-state index in [9.17, 15) is 0 Å². The van der Waals surface area contributed by atoms with Crippen molar-refractivity contribution in [1.29, 1.82) is 0 Å². The molecule has 1 saturated heterocycles. The van der Waals surface area contributed by atoms with Gasteiger partial charge in [0.2, 0.25) is 0 Å². The standard InChI is InChI=1S/C19H31NS/c1-5-20-18(12-17-6-8-21-9-7-17)13-19-15(3)10-14(2)11-16(19)4/h10-11,17-18,20H,5-9,12-13H2,1-4H3. The van der Waals surface area contributed by atoms with Crippen LogP contribution in [0.25, 0.3) is 0 Å². The van der Waals surface area contributed by atoms with Gasteiger partial charge in [-0.1, -0.05) is 24.6 Å². The summed E-state index contributed by atoms with van der Waals surface area (Å²) in [6.07, 6.45) is 5.37. The van der Waals surface area contributed by atoms with Gasteiger partial charge in [-0.3, -0.25) is 0 Å². The van der Waals surface area contributed by atoms with Crippen LogP contribution in [0.4, 0.5) is 0 Å². The summed E-state index contributed by atoms with van der Waals surface area (Å²) in [4.78, 5) is 0. The Bertz CT molecular complexity index is 426. The van der Waals surface area contributed by atoms with Gasteiger partial charge in [0.15, 0.2) is 0 Å². The fraction of sp³-hybridized carbons (Fsp3) is 0.684. The zero-order valence-corrected chi connectivity index (χ0v) is 15.0. The molecule has 0 amide bonds.